The largest absolute Gasteiger partial charge is 0.438 e. The van der Waals surface area contributed by atoms with Crippen LogP contribution in [0.4, 0.5) is 13.2 Å². The van der Waals surface area contributed by atoms with E-state index in [0.717, 1.165) is 30.0 Å². The number of hydrogen-bond acceptors (Lipinski definition) is 3. The van der Waals surface area contributed by atoms with E-state index in [1.165, 1.54) is 0 Å². The molecule has 1 heterocycles. The second kappa shape index (κ2) is 7.69. The lowest BCUT2D eigenvalue weighted by molar-refractivity contribution is 0.0947. The molecule has 0 saturated carbocycles. The predicted molar refractivity (Wildman–Crippen MR) is 88.2 cm³/mol. The number of rotatable bonds is 5. The number of halogens is 3. The van der Waals surface area contributed by atoms with E-state index in [1.54, 1.807) is 0 Å². The van der Waals surface area contributed by atoms with Gasteiger partial charge in [0.05, 0.1) is 6.20 Å². The fourth-order valence-electron chi connectivity index (χ4n) is 2.24. The van der Waals surface area contributed by atoms with Crippen LogP contribution in [0.2, 0.25) is 0 Å². The number of pyridine rings is 1. The van der Waals surface area contributed by atoms with Crippen LogP contribution in [0.15, 0.2) is 60.8 Å². The molecule has 0 aliphatic carbocycles. The van der Waals surface area contributed by atoms with Crippen molar-refractivity contribution in [2.75, 3.05) is 0 Å². The maximum absolute atomic E-state index is 13.5. The van der Waals surface area contributed by atoms with Gasteiger partial charge in [0.15, 0.2) is 0 Å². The molecule has 7 heteroatoms. The Kier molecular flexibility index (Phi) is 5.17. The third kappa shape index (κ3) is 4.38. The van der Waals surface area contributed by atoms with Crippen molar-refractivity contribution in [3.05, 3.63) is 89.4 Å². The summed E-state index contributed by atoms with van der Waals surface area (Å²) in [5.74, 6) is -3.53. The molecule has 1 amide bonds. The highest BCUT2D eigenvalue weighted by molar-refractivity contribution is 5.96. The van der Waals surface area contributed by atoms with Gasteiger partial charge in [0, 0.05) is 24.7 Å². The molecular weight excluding hydrogens is 345 g/mol. The van der Waals surface area contributed by atoms with Crippen LogP contribution in [0.1, 0.15) is 15.9 Å². The van der Waals surface area contributed by atoms with Gasteiger partial charge in [-0.1, -0.05) is 30.3 Å². The zero-order chi connectivity index (χ0) is 18.5. The lowest BCUT2D eigenvalue weighted by Crippen LogP contribution is -2.23. The van der Waals surface area contributed by atoms with E-state index in [0.29, 0.717) is 6.07 Å². The minimum absolute atomic E-state index is 0.189. The molecule has 0 saturated heterocycles. The lowest BCUT2D eigenvalue weighted by atomic mass is 10.2. The molecule has 26 heavy (non-hydrogen) atoms. The van der Waals surface area contributed by atoms with Crippen molar-refractivity contribution in [3.63, 3.8) is 0 Å². The Balaban J connectivity index is 1.82. The second-order valence-corrected chi connectivity index (χ2v) is 5.38. The molecule has 1 aromatic heterocycles. The summed E-state index contributed by atoms with van der Waals surface area (Å²) in [5, 5.41) is 2.62. The Bertz CT molecular complexity index is 913. The average Bonchev–Trinajstić information content (AvgIpc) is 2.61. The van der Waals surface area contributed by atoms with Crippen LogP contribution in [0.5, 0.6) is 11.6 Å². The van der Waals surface area contributed by atoms with E-state index in [-0.39, 0.29) is 23.7 Å². The zero-order valence-electron chi connectivity index (χ0n) is 13.4. The first-order chi connectivity index (χ1) is 12.5. The van der Waals surface area contributed by atoms with Gasteiger partial charge in [-0.2, -0.15) is 0 Å². The SMILES string of the molecule is O=C(NCc1ccccc1)c1cc(F)cnc1Oc1cc(F)cc(F)c1. The normalized spacial score (nSPS) is 10.4. The number of benzene rings is 2. The number of aromatic nitrogens is 1. The molecule has 3 aromatic rings. The number of hydrogen-bond donors (Lipinski definition) is 1. The van der Waals surface area contributed by atoms with Crippen molar-refractivity contribution in [1.82, 2.24) is 10.3 Å². The van der Waals surface area contributed by atoms with Crippen molar-refractivity contribution < 1.29 is 22.7 Å². The molecule has 0 aliphatic heterocycles. The molecule has 132 valence electrons. The summed E-state index contributed by atoms with van der Waals surface area (Å²) < 4.78 is 45.4. The number of carbonyl (C=O) groups excluding carboxylic acids is 1. The van der Waals surface area contributed by atoms with Gasteiger partial charge in [0.1, 0.15) is 28.8 Å². The van der Waals surface area contributed by atoms with E-state index in [1.807, 2.05) is 30.3 Å². The Morgan fingerprint density at radius 3 is 2.35 bits per heavy atom. The molecule has 0 unspecified atom stereocenters. The van der Waals surface area contributed by atoms with Crippen molar-refractivity contribution >= 4 is 5.91 Å². The zero-order valence-corrected chi connectivity index (χ0v) is 13.4. The van der Waals surface area contributed by atoms with Crippen molar-refractivity contribution in [1.29, 1.82) is 0 Å². The summed E-state index contributed by atoms with van der Waals surface area (Å²) in [4.78, 5) is 16.1. The molecule has 2 aromatic carbocycles. The van der Waals surface area contributed by atoms with Gasteiger partial charge < -0.3 is 10.1 Å². The van der Waals surface area contributed by atoms with Crippen molar-refractivity contribution in [2.45, 2.75) is 6.54 Å². The molecule has 0 aliphatic rings. The third-order valence-corrected chi connectivity index (χ3v) is 3.41. The van der Waals surface area contributed by atoms with Crippen LogP contribution in [0.25, 0.3) is 0 Å². The van der Waals surface area contributed by atoms with Gasteiger partial charge in [-0.3, -0.25) is 4.79 Å². The second-order valence-electron chi connectivity index (χ2n) is 5.38. The number of amides is 1. The fourth-order valence-corrected chi connectivity index (χ4v) is 2.24. The van der Waals surface area contributed by atoms with Gasteiger partial charge in [0.2, 0.25) is 5.88 Å². The Hall–Kier alpha value is -3.35. The van der Waals surface area contributed by atoms with Gasteiger partial charge in [-0.05, 0) is 11.6 Å². The topological polar surface area (TPSA) is 51.2 Å². The predicted octanol–water partition coefficient (Wildman–Crippen LogP) is 4.22. The van der Waals surface area contributed by atoms with Gasteiger partial charge in [-0.15, -0.1) is 0 Å². The maximum atomic E-state index is 13.5. The number of ether oxygens (including phenoxy) is 1. The minimum Gasteiger partial charge on any atom is -0.438 e. The Labute approximate surface area is 147 Å². The quantitative estimate of drug-likeness (QED) is 0.743. The monoisotopic (exact) mass is 358 g/mol. The van der Waals surface area contributed by atoms with E-state index in [9.17, 15) is 18.0 Å². The average molecular weight is 358 g/mol. The number of carbonyl (C=O) groups is 1. The van der Waals surface area contributed by atoms with Gasteiger partial charge >= 0.3 is 0 Å². The standard InChI is InChI=1S/C19H13F3N2O2/c20-13-6-14(21)8-16(7-13)26-19-17(9-15(22)11-24-19)18(25)23-10-12-4-2-1-3-5-12/h1-9,11H,10H2,(H,23,25). The number of nitrogens with zero attached hydrogens (tertiary/aromatic N) is 1. The molecule has 0 fully saturated rings. The minimum atomic E-state index is -0.850. The van der Waals surface area contributed by atoms with Crippen LogP contribution in [-0.4, -0.2) is 10.9 Å². The summed E-state index contributed by atoms with van der Waals surface area (Å²) >= 11 is 0. The van der Waals surface area contributed by atoms with E-state index in [2.05, 4.69) is 10.3 Å². The van der Waals surface area contributed by atoms with Crippen molar-refractivity contribution in [2.24, 2.45) is 0 Å². The van der Waals surface area contributed by atoms with Crippen LogP contribution in [0, 0.1) is 17.5 Å². The van der Waals surface area contributed by atoms with Gasteiger partial charge in [-0.25, -0.2) is 18.2 Å². The molecular formula is C19H13F3N2O2. The first-order valence-electron chi connectivity index (χ1n) is 7.63. The first-order valence-corrected chi connectivity index (χ1v) is 7.63. The summed E-state index contributed by atoms with van der Waals surface area (Å²) in [7, 11) is 0. The number of nitrogens with one attached hydrogen (secondary N) is 1. The molecule has 0 spiro atoms. The lowest BCUT2D eigenvalue weighted by Gasteiger charge is -2.11. The highest BCUT2D eigenvalue weighted by atomic mass is 19.1. The maximum Gasteiger partial charge on any atom is 0.257 e. The third-order valence-electron chi connectivity index (χ3n) is 3.41. The Morgan fingerprint density at radius 2 is 1.65 bits per heavy atom. The molecule has 4 nitrogen and oxygen atoms in total. The fraction of sp³-hybridized carbons (Fsp3) is 0.0526. The van der Waals surface area contributed by atoms with Crippen molar-refractivity contribution in [3.8, 4) is 11.6 Å². The first kappa shape index (κ1) is 17.5. The van der Waals surface area contributed by atoms with Crippen LogP contribution in [0.3, 0.4) is 0 Å². The molecule has 0 radical (unpaired) electrons. The van der Waals surface area contributed by atoms with Gasteiger partial charge in [0.25, 0.3) is 5.91 Å². The summed E-state index contributed by atoms with van der Waals surface area (Å²) in [6, 6.07) is 12.6. The Morgan fingerprint density at radius 1 is 0.962 bits per heavy atom. The molecule has 3 rings (SSSR count). The molecule has 0 bridgehead atoms. The van der Waals surface area contributed by atoms with Crippen LogP contribution < -0.4 is 10.1 Å². The summed E-state index contributed by atoms with van der Waals surface area (Å²) in [6.45, 7) is 0.213. The van der Waals surface area contributed by atoms with E-state index < -0.39 is 23.4 Å². The highest BCUT2D eigenvalue weighted by Gasteiger charge is 2.17. The molecule has 1 N–H and O–H groups in total. The van der Waals surface area contributed by atoms with E-state index in [4.69, 9.17) is 4.74 Å². The summed E-state index contributed by atoms with van der Waals surface area (Å²) in [5.41, 5.74) is 0.658. The summed E-state index contributed by atoms with van der Waals surface area (Å²) in [6.07, 6.45) is 0.846. The highest BCUT2D eigenvalue weighted by Crippen LogP contribution is 2.25. The molecule has 0 atom stereocenters. The van der Waals surface area contributed by atoms with E-state index >= 15 is 0 Å². The van der Waals surface area contributed by atoms with Crippen LogP contribution >= 0.6 is 0 Å². The van der Waals surface area contributed by atoms with Crippen LogP contribution in [-0.2, 0) is 6.54 Å². The smallest absolute Gasteiger partial charge is 0.257 e.